The minimum atomic E-state index is -3.80. The highest BCUT2D eigenvalue weighted by Gasteiger charge is 2.39. The molecule has 3 aromatic rings. The number of thiophene rings is 1. The van der Waals surface area contributed by atoms with Gasteiger partial charge in [-0.05, 0) is 95.5 Å². The Labute approximate surface area is 248 Å². The molecular formula is C32H42N2O5S2. The molecule has 0 aliphatic carbocycles. The van der Waals surface area contributed by atoms with Gasteiger partial charge in [-0.1, -0.05) is 32.1 Å². The second-order valence-corrected chi connectivity index (χ2v) is 15.2. The van der Waals surface area contributed by atoms with Gasteiger partial charge in [0.05, 0.1) is 51.1 Å². The van der Waals surface area contributed by atoms with E-state index in [9.17, 15) is 13.2 Å². The monoisotopic (exact) mass is 598 g/mol. The maximum absolute atomic E-state index is 13.5. The van der Waals surface area contributed by atoms with E-state index >= 15 is 0 Å². The number of hydrogen-bond acceptors (Lipinski definition) is 7. The zero-order valence-corrected chi connectivity index (χ0v) is 27.1. The molecule has 0 bridgehead atoms. The fraction of sp³-hybridized carbons (Fsp3) is 0.500. The molecule has 1 aliphatic heterocycles. The highest BCUT2D eigenvalue weighted by Crippen LogP contribution is 2.42. The molecular weight excluding hydrogens is 556 g/mol. The van der Waals surface area contributed by atoms with E-state index in [1.165, 1.54) is 5.56 Å². The average Bonchev–Trinajstić information content (AvgIpc) is 3.15. The number of aryl methyl sites for hydroxylation is 1. The van der Waals surface area contributed by atoms with E-state index in [-0.39, 0.29) is 22.7 Å². The van der Waals surface area contributed by atoms with Crippen LogP contribution in [0.1, 0.15) is 85.8 Å². The van der Waals surface area contributed by atoms with E-state index in [1.54, 1.807) is 17.4 Å². The van der Waals surface area contributed by atoms with Crippen molar-refractivity contribution in [2.24, 2.45) is 5.92 Å². The van der Waals surface area contributed by atoms with Gasteiger partial charge in [-0.3, -0.25) is 4.79 Å². The summed E-state index contributed by atoms with van der Waals surface area (Å²) in [6, 6.07) is 5.47. The zero-order chi connectivity index (χ0) is 30.3. The number of carbonyl (C=O) groups is 1. The Bertz CT molecular complexity index is 1590. The first-order valence-corrected chi connectivity index (χ1v) is 16.8. The molecule has 7 nitrogen and oxygen atoms in total. The maximum Gasteiger partial charge on any atom is 0.265 e. The topological polar surface area (TPSA) is 94.6 Å². The molecule has 4 rings (SSSR count). The third-order valence-electron chi connectivity index (χ3n) is 7.46. The first-order chi connectivity index (χ1) is 19.0. The summed E-state index contributed by atoms with van der Waals surface area (Å²) in [5.74, 6) is 0.0392. The zero-order valence-electron chi connectivity index (χ0n) is 25.4. The van der Waals surface area contributed by atoms with Gasteiger partial charge in [0, 0.05) is 4.88 Å². The van der Waals surface area contributed by atoms with Gasteiger partial charge in [0.1, 0.15) is 5.75 Å². The van der Waals surface area contributed by atoms with E-state index in [4.69, 9.17) is 14.5 Å². The molecule has 0 atom stereocenters. The molecule has 1 fully saturated rings. The van der Waals surface area contributed by atoms with E-state index in [0.717, 1.165) is 52.8 Å². The average molecular weight is 599 g/mol. The Morgan fingerprint density at radius 1 is 1.22 bits per heavy atom. The third-order valence-corrected chi connectivity index (χ3v) is 9.36. The molecule has 1 saturated heterocycles. The van der Waals surface area contributed by atoms with Gasteiger partial charge in [0.25, 0.3) is 5.91 Å². The van der Waals surface area contributed by atoms with Gasteiger partial charge in [0.15, 0.2) is 0 Å². The van der Waals surface area contributed by atoms with Crippen LogP contribution in [0.5, 0.6) is 5.75 Å². The van der Waals surface area contributed by atoms with Crippen LogP contribution in [0.3, 0.4) is 0 Å². The van der Waals surface area contributed by atoms with Gasteiger partial charge in [-0.15, -0.1) is 11.3 Å². The smallest absolute Gasteiger partial charge is 0.265 e. The number of carbonyl (C=O) groups excluding carboxylic acids is 1. The minimum Gasteiger partial charge on any atom is -0.493 e. The largest absolute Gasteiger partial charge is 0.493 e. The number of nitrogens with zero attached hydrogens (tertiary/aromatic N) is 1. The van der Waals surface area contributed by atoms with Crippen molar-refractivity contribution in [1.29, 1.82) is 0 Å². The molecule has 0 saturated carbocycles. The molecule has 1 amide bonds. The first kappa shape index (κ1) is 31.2. The van der Waals surface area contributed by atoms with E-state index in [0.29, 0.717) is 29.0 Å². The maximum atomic E-state index is 13.5. The minimum absolute atomic E-state index is 0.215. The quantitative estimate of drug-likeness (QED) is 0.279. The lowest BCUT2D eigenvalue weighted by Crippen LogP contribution is -2.46. The lowest BCUT2D eigenvalue weighted by molar-refractivity contribution is -0.175. The van der Waals surface area contributed by atoms with Crippen LogP contribution in [0.15, 0.2) is 24.8 Å². The predicted molar refractivity (Wildman–Crippen MR) is 168 cm³/mol. The van der Waals surface area contributed by atoms with Crippen molar-refractivity contribution in [2.75, 3.05) is 12.9 Å². The summed E-state index contributed by atoms with van der Waals surface area (Å²) in [6.07, 6.45) is 6.42. The van der Waals surface area contributed by atoms with Crippen LogP contribution in [0.25, 0.3) is 27.6 Å². The van der Waals surface area contributed by atoms with Crippen LogP contribution in [-0.2, 0) is 21.2 Å². The number of ether oxygens (including phenoxy) is 2. The lowest BCUT2D eigenvalue weighted by atomic mass is 9.81. The number of nitrogens with one attached hydrogen (secondary N) is 1. The molecule has 3 heterocycles. The second kappa shape index (κ2) is 11.5. The van der Waals surface area contributed by atoms with E-state index in [2.05, 4.69) is 52.8 Å². The highest BCUT2D eigenvalue weighted by molar-refractivity contribution is 7.89. The molecule has 1 aromatic carbocycles. The Morgan fingerprint density at radius 3 is 2.46 bits per heavy atom. The summed E-state index contributed by atoms with van der Waals surface area (Å²) in [4.78, 5) is 20.6. The number of rotatable bonds is 9. The van der Waals surface area contributed by atoms with E-state index in [1.807, 2.05) is 25.1 Å². The number of aromatic nitrogens is 1. The third kappa shape index (κ3) is 7.01. The number of fused-ring (bicyclic) bond motifs is 1. The highest BCUT2D eigenvalue weighted by atomic mass is 32.2. The van der Waals surface area contributed by atoms with Crippen molar-refractivity contribution in [3.8, 4) is 16.3 Å². The molecule has 41 heavy (non-hydrogen) atoms. The number of sulfonamides is 1. The summed E-state index contributed by atoms with van der Waals surface area (Å²) in [5.41, 5.74) is 4.08. The van der Waals surface area contributed by atoms with Crippen molar-refractivity contribution in [3.63, 3.8) is 0 Å². The van der Waals surface area contributed by atoms with Gasteiger partial charge < -0.3 is 9.47 Å². The summed E-state index contributed by atoms with van der Waals surface area (Å²) in [6.45, 7) is 19.0. The van der Waals surface area contributed by atoms with Crippen molar-refractivity contribution in [2.45, 2.75) is 85.4 Å². The number of amides is 1. The molecule has 222 valence electrons. The Morgan fingerprint density at radius 2 is 1.88 bits per heavy atom. The summed E-state index contributed by atoms with van der Waals surface area (Å²) >= 11 is 1.59. The molecule has 2 aromatic heterocycles. The standard InChI is InChI=1S/C32H42N2O5S2/c1-10-12-22-20(4)29(40-26(22)11-2)24-15-23(30(35)34-41(9,36)37)27-25(14-13-19(3)28(27)33-24)38-18-21-16-31(5,6)39-32(7,8)17-21/h11,13-15,21H,2,10,12,16-18H2,1,3-9H3,(H,34,35). The summed E-state index contributed by atoms with van der Waals surface area (Å²) < 4.78 is 39.1. The Balaban J connectivity index is 1.86. The van der Waals surface area contributed by atoms with Gasteiger partial charge in [-0.25, -0.2) is 18.1 Å². The fourth-order valence-corrected chi connectivity index (χ4v) is 7.85. The van der Waals surface area contributed by atoms with Crippen molar-refractivity contribution in [3.05, 3.63) is 51.9 Å². The summed E-state index contributed by atoms with van der Waals surface area (Å²) in [7, 11) is -3.80. The van der Waals surface area contributed by atoms with Crippen molar-refractivity contribution < 1.29 is 22.7 Å². The van der Waals surface area contributed by atoms with Crippen LogP contribution in [0.4, 0.5) is 0 Å². The van der Waals surface area contributed by atoms with Gasteiger partial charge in [0.2, 0.25) is 10.0 Å². The molecule has 0 unspecified atom stereocenters. The number of benzene rings is 1. The molecule has 1 N–H and O–H groups in total. The predicted octanol–water partition coefficient (Wildman–Crippen LogP) is 7.23. The summed E-state index contributed by atoms with van der Waals surface area (Å²) in [5, 5.41) is 0.507. The van der Waals surface area contributed by atoms with Crippen LogP contribution in [-0.4, -0.2) is 43.4 Å². The molecule has 0 radical (unpaired) electrons. The SMILES string of the molecule is C=Cc1sc(-c2cc(C(=O)NS(C)(=O)=O)c3c(OCC4CC(C)(C)OC(C)(C)C4)ccc(C)c3n2)c(C)c1CCC. The normalized spacial score (nSPS) is 17.0. The molecule has 9 heteroatoms. The number of pyridine rings is 1. The number of hydrogen-bond donors (Lipinski definition) is 1. The van der Waals surface area contributed by atoms with Crippen LogP contribution < -0.4 is 9.46 Å². The fourth-order valence-electron chi connectivity index (χ4n) is 6.24. The van der Waals surface area contributed by atoms with Crippen LogP contribution in [0, 0.1) is 19.8 Å². The molecule has 0 spiro atoms. The first-order valence-electron chi connectivity index (χ1n) is 14.1. The van der Waals surface area contributed by atoms with E-state index < -0.39 is 15.9 Å². The van der Waals surface area contributed by atoms with Crippen molar-refractivity contribution in [1.82, 2.24) is 9.71 Å². The second-order valence-electron chi connectivity index (χ2n) is 12.4. The van der Waals surface area contributed by atoms with Gasteiger partial charge in [-0.2, -0.15) is 0 Å². The van der Waals surface area contributed by atoms with Crippen molar-refractivity contribution >= 4 is 44.2 Å². The van der Waals surface area contributed by atoms with Crippen LogP contribution >= 0.6 is 11.3 Å². The molecule has 1 aliphatic rings. The Kier molecular flexibility index (Phi) is 8.75. The van der Waals surface area contributed by atoms with Crippen LogP contribution in [0.2, 0.25) is 0 Å². The Hall–Kier alpha value is -2.75. The lowest BCUT2D eigenvalue weighted by Gasteiger charge is -2.45. The van der Waals surface area contributed by atoms with Gasteiger partial charge >= 0.3 is 0 Å².